The molecule has 0 spiro atoms. The number of rotatable bonds is 4. The van der Waals surface area contributed by atoms with Crippen LogP contribution in [-0.2, 0) is 26.8 Å². The monoisotopic (exact) mass is 385 g/mol. The van der Waals surface area contributed by atoms with Gasteiger partial charge in [0.1, 0.15) is 12.2 Å². The third kappa shape index (κ3) is 2.82. The molecular formula is C14H16BrN3O3S. The topological polar surface area (TPSA) is 74.1 Å². The van der Waals surface area contributed by atoms with E-state index in [1.165, 1.54) is 0 Å². The van der Waals surface area contributed by atoms with Crippen molar-refractivity contribution in [3.63, 3.8) is 0 Å². The largest absolute Gasteiger partial charge is 0.320 e. The van der Waals surface area contributed by atoms with Crippen molar-refractivity contribution in [3.8, 4) is 0 Å². The van der Waals surface area contributed by atoms with E-state index in [0.29, 0.717) is 12.8 Å². The SMILES string of the molecule is Cn1cnnc1C1(c2cccc(Br)c2)CC(OS(C)(=O)=O)C1. The van der Waals surface area contributed by atoms with Crippen LogP contribution in [0, 0.1) is 0 Å². The molecule has 1 aliphatic rings. The van der Waals surface area contributed by atoms with Gasteiger partial charge < -0.3 is 4.57 Å². The van der Waals surface area contributed by atoms with Gasteiger partial charge in [-0.3, -0.25) is 4.18 Å². The molecule has 2 aromatic rings. The van der Waals surface area contributed by atoms with Crippen LogP contribution in [0.1, 0.15) is 24.2 Å². The second-order valence-corrected chi connectivity index (χ2v) is 8.20. The molecule has 0 radical (unpaired) electrons. The fraction of sp³-hybridized carbons (Fsp3) is 0.429. The Hall–Kier alpha value is -1.25. The lowest BCUT2D eigenvalue weighted by molar-refractivity contribution is 0.0598. The van der Waals surface area contributed by atoms with Crippen LogP contribution in [0.2, 0.25) is 0 Å². The van der Waals surface area contributed by atoms with E-state index in [1.807, 2.05) is 35.9 Å². The molecule has 1 fully saturated rings. The normalized spacial score (nSPS) is 25.0. The van der Waals surface area contributed by atoms with Gasteiger partial charge in [-0.25, -0.2) is 0 Å². The molecule has 0 N–H and O–H groups in total. The van der Waals surface area contributed by atoms with Crippen molar-refractivity contribution >= 4 is 26.0 Å². The average molecular weight is 386 g/mol. The van der Waals surface area contributed by atoms with Gasteiger partial charge in [-0.15, -0.1) is 10.2 Å². The minimum absolute atomic E-state index is 0.328. The van der Waals surface area contributed by atoms with Crippen molar-refractivity contribution in [2.75, 3.05) is 6.26 Å². The number of hydrogen-bond acceptors (Lipinski definition) is 5. The van der Waals surface area contributed by atoms with Gasteiger partial charge in [0, 0.05) is 11.5 Å². The number of aromatic nitrogens is 3. The standard InChI is InChI=1S/C14H16BrN3O3S/c1-18-9-16-17-13(18)14(10-4-3-5-11(15)6-10)7-12(8-14)21-22(2,19)20/h3-6,9,12H,7-8H2,1-2H3. The molecule has 0 unspecified atom stereocenters. The predicted molar refractivity (Wildman–Crippen MR) is 84.9 cm³/mol. The maximum absolute atomic E-state index is 11.3. The van der Waals surface area contributed by atoms with Crippen LogP contribution in [-0.4, -0.2) is 35.5 Å². The second-order valence-electron chi connectivity index (χ2n) is 5.69. The third-order valence-corrected chi connectivity index (χ3v) is 5.09. The minimum atomic E-state index is -3.46. The molecular weight excluding hydrogens is 370 g/mol. The Kier molecular flexibility index (Phi) is 3.86. The Morgan fingerprint density at radius 1 is 1.41 bits per heavy atom. The van der Waals surface area contributed by atoms with Crippen LogP contribution in [0.3, 0.4) is 0 Å². The van der Waals surface area contributed by atoms with Crippen molar-refractivity contribution < 1.29 is 12.6 Å². The number of nitrogens with zero attached hydrogens (tertiary/aromatic N) is 3. The van der Waals surface area contributed by atoms with E-state index >= 15 is 0 Å². The number of aryl methyl sites for hydroxylation is 1. The average Bonchev–Trinajstić information content (AvgIpc) is 2.78. The summed E-state index contributed by atoms with van der Waals surface area (Å²) in [6.07, 6.45) is 3.52. The Balaban J connectivity index is 1.98. The summed E-state index contributed by atoms with van der Waals surface area (Å²) in [4.78, 5) is 0. The van der Waals surface area contributed by atoms with Crippen molar-refractivity contribution in [2.24, 2.45) is 7.05 Å². The van der Waals surface area contributed by atoms with Crippen LogP contribution in [0.5, 0.6) is 0 Å². The van der Waals surface area contributed by atoms with Crippen LogP contribution < -0.4 is 0 Å². The highest BCUT2D eigenvalue weighted by Gasteiger charge is 2.51. The van der Waals surface area contributed by atoms with E-state index in [4.69, 9.17) is 4.18 Å². The Bertz CT molecular complexity index is 797. The van der Waals surface area contributed by atoms with Gasteiger partial charge in [0.15, 0.2) is 0 Å². The maximum atomic E-state index is 11.3. The summed E-state index contributed by atoms with van der Waals surface area (Å²) in [5.41, 5.74) is 0.705. The molecule has 1 aromatic carbocycles. The van der Waals surface area contributed by atoms with Crippen LogP contribution in [0.4, 0.5) is 0 Å². The Morgan fingerprint density at radius 2 is 2.14 bits per heavy atom. The van der Waals surface area contributed by atoms with Gasteiger partial charge in [-0.05, 0) is 30.5 Å². The van der Waals surface area contributed by atoms with Crippen molar-refractivity contribution in [1.29, 1.82) is 0 Å². The van der Waals surface area contributed by atoms with Gasteiger partial charge in [0.05, 0.1) is 17.8 Å². The smallest absolute Gasteiger partial charge is 0.264 e. The molecule has 0 bridgehead atoms. The fourth-order valence-electron chi connectivity index (χ4n) is 3.08. The lowest BCUT2D eigenvalue weighted by atomic mass is 9.62. The molecule has 1 saturated carbocycles. The highest BCUT2D eigenvalue weighted by molar-refractivity contribution is 9.10. The van der Waals surface area contributed by atoms with E-state index in [-0.39, 0.29) is 11.5 Å². The molecule has 118 valence electrons. The lowest BCUT2D eigenvalue weighted by Gasteiger charge is -2.46. The molecule has 1 heterocycles. The number of halogens is 1. The molecule has 0 atom stereocenters. The molecule has 8 heteroatoms. The predicted octanol–water partition coefficient (Wildman–Crippen LogP) is 2.00. The van der Waals surface area contributed by atoms with E-state index in [0.717, 1.165) is 22.1 Å². The zero-order valence-electron chi connectivity index (χ0n) is 12.2. The molecule has 6 nitrogen and oxygen atoms in total. The summed E-state index contributed by atoms with van der Waals surface area (Å²) in [5.74, 6) is 0.818. The summed E-state index contributed by atoms with van der Waals surface area (Å²) < 4.78 is 30.6. The zero-order valence-corrected chi connectivity index (χ0v) is 14.6. The first-order valence-corrected chi connectivity index (χ1v) is 9.40. The maximum Gasteiger partial charge on any atom is 0.264 e. The molecule has 0 saturated heterocycles. The Labute approximate surface area is 137 Å². The van der Waals surface area contributed by atoms with Gasteiger partial charge in [-0.1, -0.05) is 28.1 Å². The first-order valence-electron chi connectivity index (χ1n) is 6.79. The van der Waals surface area contributed by atoms with E-state index in [9.17, 15) is 8.42 Å². The highest BCUT2D eigenvalue weighted by atomic mass is 79.9. The van der Waals surface area contributed by atoms with Crippen LogP contribution >= 0.6 is 15.9 Å². The van der Waals surface area contributed by atoms with Crippen LogP contribution in [0.25, 0.3) is 0 Å². The molecule has 0 aliphatic heterocycles. The highest BCUT2D eigenvalue weighted by Crippen LogP contribution is 2.50. The quantitative estimate of drug-likeness (QED) is 0.752. The third-order valence-electron chi connectivity index (χ3n) is 3.98. The number of benzene rings is 1. The minimum Gasteiger partial charge on any atom is -0.320 e. The Morgan fingerprint density at radius 3 is 2.68 bits per heavy atom. The van der Waals surface area contributed by atoms with Crippen molar-refractivity contribution in [1.82, 2.24) is 14.8 Å². The van der Waals surface area contributed by atoms with E-state index in [1.54, 1.807) is 6.33 Å². The lowest BCUT2D eigenvalue weighted by Crippen LogP contribution is -2.49. The molecule has 22 heavy (non-hydrogen) atoms. The first kappa shape index (κ1) is 15.6. The molecule has 3 rings (SSSR count). The number of hydrogen-bond donors (Lipinski definition) is 0. The van der Waals surface area contributed by atoms with Crippen molar-refractivity contribution in [3.05, 3.63) is 46.5 Å². The molecule has 0 amide bonds. The van der Waals surface area contributed by atoms with Gasteiger partial charge in [-0.2, -0.15) is 8.42 Å². The van der Waals surface area contributed by atoms with Crippen molar-refractivity contribution in [2.45, 2.75) is 24.4 Å². The van der Waals surface area contributed by atoms with Gasteiger partial charge in [0.25, 0.3) is 10.1 Å². The summed E-state index contributed by atoms with van der Waals surface area (Å²) >= 11 is 3.48. The zero-order chi connectivity index (χ0) is 16.0. The summed E-state index contributed by atoms with van der Waals surface area (Å²) in [6.45, 7) is 0. The summed E-state index contributed by atoms with van der Waals surface area (Å²) in [7, 11) is -1.57. The first-order chi connectivity index (χ1) is 10.3. The van der Waals surface area contributed by atoms with E-state index in [2.05, 4.69) is 26.1 Å². The van der Waals surface area contributed by atoms with Gasteiger partial charge in [0.2, 0.25) is 0 Å². The summed E-state index contributed by atoms with van der Waals surface area (Å²) in [6, 6.07) is 7.97. The van der Waals surface area contributed by atoms with Crippen LogP contribution in [0.15, 0.2) is 35.1 Å². The summed E-state index contributed by atoms with van der Waals surface area (Å²) in [5, 5.41) is 8.20. The van der Waals surface area contributed by atoms with E-state index < -0.39 is 10.1 Å². The van der Waals surface area contributed by atoms with Gasteiger partial charge >= 0.3 is 0 Å². The second kappa shape index (κ2) is 5.43. The molecule has 1 aromatic heterocycles. The molecule has 1 aliphatic carbocycles. The fourth-order valence-corrected chi connectivity index (χ4v) is 4.11.